The summed E-state index contributed by atoms with van der Waals surface area (Å²) in [5.74, 6) is -0.151. The van der Waals surface area contributed by atoms with Gasteiger partial charge in [-0.2, -0.15) is 5.26 Å². The molecule has 2 atom stereocenters. The van der Waals surface area contributed by atoms with Gasteiger partial charge in [0.25, 0.3) is 0 Å². The van der Waals surface area contributed by atoms with Gasteiger partial charge >= 0.3 is 0 Å². The maximum Gasteiger partial charge on any atom is 0.236 e. The van der Waals surface area contributed by atoms with E-state index >= 15 is 0 Å². The fourth-order valence-corrected chi connectivity index (χ4v) is 1.73. The molecule has 0 aliphatic carbocycles. The van der Waals surface area contributed by atoms with Gasteiger partial charge in [-0.3, -0.25) is 4.79 Å². The molecular weight excluding hydrogens is 196 g/mol. The zero-order valence-electron chi connectivity index (χ0n) is 9.10. The second-order valence-corrected chi connectivity index (χ2v) is 3.40. The molecule has 0 saturated carbocycles. The van der Waals surface area contributed by atoms with Gasteiger partial charge in [0.2, 0.25) is 5.91 Å². The van der Waals surface area contributed by atoms with Crippen LogP contribution in [0.4, 0.5) is 0 Å². The largest absolute Gasteiger partial charge is 0.377 e. The summed E-state index contributed by atoms with van der Waals surface area (Å²) >= 11 is 0. The average molecular weight is 212 g/mol. The van der Waals surface area contributed by atoms with Crippen LogP contribution in [0.15, 0.2) is 0 Å². The van der Waals surface area contributed by atoms with Gasteiger partial charge in [-0.1, -0.05) is 0 Å². The lowest BCUT2D eigenvalue weighted by atomic mass is 10.2. The van der Waals surface area contributed by atoms with Gasteiger partial charge in [0, 0.05) is 26.8 Å². The van der Waals surface area contributed by atoms with Crippen LogP contribution < -0.4 is 0 Å². The Morgan fingerprint density at radius 3 is 2.73 bits per heavy atom. The predicted octanol–water partition coefficient (Wildman–Crippen LogP) is 0.162. The lowest BCUT2D eigenvalue weighted by Gasteiger charge is -2.15. The van der Waals surface area contributed by atoms with E-state index in [9.17, 15) is 4.79 Å². The maximum absolute atomic E-state index is 11.4. The Kier molecular flexibility index (Phi) is 4.53. The molecule has 0 aromatic carbocycles. The monoisotopic (exact) mass is 212 g/mol. The second-order valence-electron chi connectivity index (χ2n) is 3.40. The number of amides is 1. The number of ether oxygens (including phenoxy) is 2. The number of methoxy groups -OCH3 is 1. The number of hydrogen-bond donors (Lipinski definition) is 0. The Hall–Kier alpha value is -1.12. The highest BCUT2D eigenvalue weighted by molar-refractivity contribution is 5.78. The van der Waals surface area contributed by atoms with E-state index in [1.807, 2.05) is 13.0 Å². The zero-order valence-corrected chi connectivity index (χ0v) is 9.10. The second kappa shape index (κ2) is 5.69. The van der Waals surface area contributed by atoms with Gasteiger partial charge in [0.1, 0.15) is 18.6 Å². The number of carbonyl (C=O) groups is 1. The standard InChI is InChI=1S/C10H16N2O3/c1-3-15-9-7-12(6-8(9)14-2)10(13)4-5-11/h8-9H,3-4,6-7H2,1-2H3/t8-,9-/m1/s1. The van der Waals surface area contributed by atoms with Crippen molar-refractivity contribution in [3.05, 3.63) is 0 Å². The first-order valence-electron chi connectivity index (χ1n) is 5.02. The molecule has 1 saturated heterocycles. The van der Waals surface area contributed by atoms with Crippen molar-refractivity contribution in [2.75, 3.05) is 26.8 Å². The Labute approximate surface area is 89.6 Å². The van der Waals surface area contributed by atoms with Crippen LogP contribution in [0.25, 0.3) is 0 Å². The molecule has 1 heterocycles. The quantitative estimate of drug-likeness (QED) is 0.666. The highest BCUT2D eigenvalue weighted by atomic mass is 16.5. The number of nitriles is 1. The molecule has 1 fully saturated rings. The van der Waals surface area contributed by atoms with Crippen molar-refractivity contribution in [1.29, 1.82) is 5.26 Å². The van der Waals surface area contributed by atoms with Crippen LogP contribution in [0.5, 0.6) is 0 Å². The van der Waals surface area contributed by atoms with E-state index in [0.29, 0.717) is 19.7 Å². The van der Waals surface area contributed by atoms with Crippen LogP contribution in [-0.4, -0.2) is 49.8 Å². The molecule has 5 heteroatoms. The highest BCUT2D eigenvalue weighted by Gasteiger charge is 2.35. The minimum Gasteiger partial charge on any atom is -0.377 e. The normalized spacial score (nSPS) is 25.3. The van der Waals surface area contributed by atoms with Gasteiger partial charge in [-0.05, 0) is 6.92 Å². The van der Waals surface area contributed by atoms with Crippen LogP contribution in [-0.2, 0) is 14.3 Å². The Bertz CT molecular complexity index is 262. The van der Waals surface area contributed by atoms with Crippen LogP contribution >= 0.6 is 0 Å². The van der Waals surface area contributed by atoms with Crippen molar-refractivity contribution < 1.29 is 14.3 Å². The molecule has 1 amide bonds. The molecular formula is C10H16N2O3. The minimum atomic E-state index is -0.151. The predicted molar refractivity (Wildman–Crippen MR) is 53.0 cm³/mol. The molecule has 0 spiro atoms. The van der Waals surface area contributed by atoms with E-state index in [0.717, 1.165) is 0 Å². The molecule has 0 N–H and O–H groups in total. The van der Waals surface area contributed by atoms with Gasteiger partial charge < -0.3 is 14.4 Å². The number of carbonyl (C=O) groups excluding carboxylic acids is 1. The van der Waals surface area contributed by atoms with Crippen LogP contribution in [0, 0.1) is 11.3 Å². The Balaban J connectivity index is 2.52. The van der Waals surface area contributed by atoms with Gasteiger partial charge in [0.05, 0.1) is 6.07 Å². The first kappa shape index (κ1) is 12.0. The summed E-state index contributed by atoms with van der Waals surface area (Å²) < 4.78 is 10.7. The number of rotatable bonds is 4. The summed E-state index contributed by atoms with van der Waals surface area (Å²) in [4.78, 5) is 13.1. The average Bonchev–Trinajstić information content (AvgIpc) is 2.62. The van der Waals surface area contributed by atoms with Crippen molar-refractivity contribution in [1.82, 2.24) is 4.90 Å². The van der Waals surface area contributed by atoms with Crippen molar-refractivity contribution >= 4 is 5.91 Å². The molecule has 0 aromatic rings. The zero-order chi connectivity index (χ0) is 11.3. The van der Waals surface area contributed by atoms with Crippen LogP contribution in [0.2, 0.25) is 0 Å². The van der Waals surface area contributed by atoms with E-state index in [2.05, 4.69) is 0 Å². The molecule has 1 aliphatic heterocycles. The summed E-state index contributed by atoms with van der Waals surface area (Å²) in [7, 11) is 1.61. The van der Waals surface area contributed by atoms with Crippen molar-refractivity contribution in [3.8, 4) is 6.07 Å². The van der Waals surface area contributed by atoms with E-state index in [-0.39, 0.29) is 24.5 Å². The first-order chi connectivity index (χ1) is 7.22. The molecule has 1 aliphatic rings. The third-order valence-corrected chi connectivity index (χ3v) is 2.48. The lowest BCUT2D eigenvalue weighted by Crippen LogP contribution is -2.29. The molecule has 84 valence electrons. The SMILES string of the molecule is CCO[C@@H]1CN(C(=O)CC#N)C[C@H]1OC. The van der Waals surface area contributed by atoms with E-state index < -0.39 is 0 Å². The van der Waals surface area contributed by atoms with E-state index in [4.69, 9.17) is 14.7 Å². The fourth-order valence-electron chi connectivity index (χ4n) is 1.73. The highest BCUT2D eigenvalue weighted by Crippen LogP contribution is 2.16. The smallest absolute Gasteiger partial charge is 0.236 e. The summed E-state index contributed by atoms with van der Waals surface area (Å²) in [5, 5.41) is 8.43. The summed E-state index contributed by atoms with van der Waals surface area (Å²) in [5.41, 5.74) is 0. The summed E-state index contributed by atoms with van der Waals surface area (Å²) in [6.45, 7) is 3.55. The fraction of sp³-hybridized carbons (Fsp3) is 0.800. The Morgan fingerprint density at radius 2 is 2.20 bits per heavy atom. The number of nitrogens with zero attached hydrogens (tertiary/aromatic N) is 2. The molecule has 5 nitrogen and oxygen atoms in total. The third kappa shape index (κ3) is 2.91. The first-order valence-corrected chi connectivity index (χ1v) is 5.02. The van der Waals surface area contributed by atoms with E-state index in [1.165, 1.54) is 0 Å². The van der Waals surface area contributed by atoms with Crippen molar-refractivity contribution in [2.45, 2.75) is 25.6 Å². The van der Waals surface area contributed by atoms with Gasteiger partial charge in [0.15, 0.2) is 0 Å². The van der Waals surface area contributed by atoms with Gasteiger partial charge in [-0.25, -0.2) is 0 Å². The Morgan fingerprint density at radius 1 is 1.53 bits per heavy atom. The topological polar surface area (TPSA) is 62.6 Å². The molecule has 0 unspecified atom stereocenters. The summed E-state index contributed by atoms with van der Waals surface area (Å²) in [6, 6.07) is 1.85. The van der Waals surface area contributed by atoms with Gasteiger partial charge in [-0.15, -0.1) is 0 Å². The van der Waals surface area contributed by atoms with E-state index in [1.54, 1.807) is 12.0 Å². The minimum absolute atomic E-state index is 0.0670. The lowest BCUT2D eigenvalue weighted by molar-refractivity contribution is -0.129. The molecule has 15 heavy (non-hydrogen) atoms. The van der Waals surface area contributed by atoms with Crippen LogP contribution in [0.3, 0.4) is 0 Å². The van der Waals surface area contributed by atoms with Crippen molar-refractivity contribution in [3.63, 3.8) is 0 Å². The molecule has 1 rings (SSSR count). The molecule has 0 bridgehead atoms. The van der Waals surface area contributed by atoms with Crippen molar-refractivity contribution in [2.24, 2.45) is 0 Å². The maximum atomic E-state index is 11.4. The third-order valence-electron chi connectivity index (χ3n) is 2.48. The summed E-state index contributed by atoms with van der Waals surface area (Å²) in [6.07, 6.45) is -0.217. The molecule has 0 radical (unpaired) electrons. The number of hydrogen-bond acceptors (Lipinski definition) is 4. The van der Waals surface area contributed by atoms with Crippen LogP contribution in [0.1, 0.15) is 13.3 Å². The number of likely N-dealkylation sites (tertiary alicyclic amines) is 1. The molecule has 0 aromatic heterocycles.